The Morgan fingerprint density at radius 3 is 2.62 bits per heavy atom. The fourth-order valence-corrected chi connectivity index (χ4v) is 1.29. The normalized spacial score (nSPS) is 9.88. The number of ether oxygens (including phenoxy) is 1. The highest BCUT2D eigenvalue weighted by Gasteiger charge is 1.98. The zero-order valence-electron chi connectivity index (χ0n) is 9.27. The standard InChI is InChI=1S/C12H13N3O/c1-9-7-13-12(14-8-9)15-10-4-3-5-11(6-10)16-2/h3-8H,1-2H3,(H,13,14,15). The van der Waals surface area contributed by atoms with Crippen molar-refractivity contribution in [2.24, 2.45) is 0 Å². The van der Waals surface area contributed by atoms with E-state index in [0.29, 0.717) is 5.95 Å². The maximum atomic E-state index is 5.13. The molecule has 16 heavy (non-hydrogen) atoms. The molecule has 0 atom stereocenters. The van der Waals surface area contributed by atoms with Crippen molar-refractivity contribution in [1.82, 2.24) is 9.97 Å². The number of methoxy groups -OCH3 is 1. The van der Waals surface area contributed by atoms with Crippen LogP contribution in [0.4, 0.5) is 11.6 Å². The van der Waals surface area contributed by atoms with E-state index in [0.717, 1.165) is 17.0 Å². The highest BCUT2D eigenvalue weighted by Crippen LogP contribution is 2.18. The van der Waals surface area contributed by atoms with E-state index in [9.17, 15) is 0 Å². The fraction of sp³-hybridized carbons (Fsp3) is 0.167. The van der Waals surface area contributed by atoms with Gasteiger partial charge in [-0.05, 0) is 24.6 Å². The van der Waals surface area contributed by atoms with Crippen LogP contribution in [0.5, 0.6) is 5.75 Å². The van der Waals surface area contributed by atoms with Crippen molar-refractivity contribution < 1.29 is 4.74 Å². The maximum absolute atomic E-state index is 5.13. The first-order chi connectivity index (χ1) is 7.78. The summed E-state index contributed by atoms with van der Waals surface area (Å²) >= 11 is 0. The molecule has 1 N–H and O–H groups in total. The Morgan fingerprint density at radius 1 is 1.19 bits per heavy atom. The van der Waals surface area contributed by atoms with E-state index >= 15 is 0 Å². The molecule has 0 fully saturated rings. The molecule has 0 amide bonds. The average Bonchev–Trinajstić information content (AvgIpc) is 2.32. The van der Waals surface area contributed by atoms with Crippen LogP contribution in [0.15, 0.2) is 36.7 Å². The minimum Gasteiger partial charge on any atom is -0.497 e. The van der Waals surface area contributed by atoms with Crippen molar-refractivity contribution in [1.29, 1.82) is 0 Å². The monoisotopic (exact) mass is 215 g/mol. The minimum atomic E-state index is 0.582. The second-order valence-corrected chi connectivity index (χ2v) is 3.44. The fourth-order valence-electron chi connectivity index (χ4n) is 1.29. The molecule has 82 valence electrons. The second-order valence-electron chi connectivity index (χ2n) is 3.44. The third-order valence-electron chi connectivity index (χ3n) is 2.11. The SMILES string of the molecule is COc1cccc(Nc2ncc(C)cn2)c1. The van der Waals surface area contributed by atoms with Crippen LogP contribution in [-0.4, -0.2) is 17.1 Å². The average molecular weight is 215 g/mol. The van der Waals surface area contributed by atoms with Crippen molar-refractivity contribution >= 4 is 11.6 Å². The molecule has 0 unspecified atom stereocenters. The highest BCUT2D eigenvalue weighted by atomic mass is 16.5. The molecule has 1 aromatic heterocycles. The van der Waals surface area contributed by atoms with Crippen LogP contribution in [0.1, 0.15) is 5.56 Å². The van der Waals surface area contributed by atoms with Gasteiger partial charge in [0.15, 0.2) is 0 Å². The summed E-state index contributed by atoms with van der Waals surface area (Å²) in [6, 6.07) is 7.63. The van der Waals surface area contributed by atoms with Crippen LogP contribution in [0.2, 0.25) is 0 Å². The zero-order chi connectivity index (χ0) is 11.4. The third kappa shape index (κ3) is 2.48. The number of rotatable bonds is 3. The molecule has 4 nitrogen and oxygen atoms in total. The summed E-state index contributed by atoms with van der Waals surface area (Å²) in [5, 5.41) is 3.10. The van der Waals surface area contributed by atoms with Crippen LogP contribution in [0.25, 0.3) is 0 Å². The van der Waals surface area contributed by atoms with Crippen molar-refractivity contribution in [2.75, 3.05) is 12.4 Å². The first kappa shape index (κ1) is 10.4. The molecule has 0 saturated carbocycles. The Balaban J connectivity index is 2.16. The summed E-state index contributed by atoms with van der Waals surface area (Å²) in [6.07, 6.45) is 3.55. The van der Waals surface area contributed by atoms with E-state index < -0.39 is 0 Å². The van der Waals surface area contributed by atoms with Gasteiger partial charge in [-0.2, -0.15) is 0 Å². The van der Waals surface area contributed by atoms with Crippen LogP contribution < -0.4 is 10.1 Å². The molecular formula is C12H13N3O. The summed E-state index contributed by atoms with van der Waals surface area (Å²) in [7, 11) is 1.64. The molecule has 0 aliphatic heterocycles. The Bertz CT molecular complexity index is 468. The summed E-state index contributed by atoms with van der Waals surface area (Å²) in [5.74, 6) is 1.39. The van der Waals surface area contributed by atoms with E-state index in [1.165, 1.54) is 0 Å². The lowest BCUT2D eigenvalue weighted by atomic mass is 10.3. The number of anilines is 2. The predicted molar refractivity (Wildman–Crippen MR) is 63.0 cm³/mol. The Labute approximate surface area is 94.3 Å². The van der Waals surface area contributed by atoms with Crippen molar-refractivity contribution in [2.45, 2.75) is 6.92 Å². The molecule has 1 heterocycles. The van der Waals surface area contributed by atoms with Gasteiger partial charge in [-0.25, -0.2) is 9.97 Å². The van der Waals surface area contributed by atoms with Crippen LogP contribution in [-0.2, 0) is 0 Å². The van der Waals surface area contributed by atoms with Gasteiger partial charge < -0.3 is 10.1 Å². The largest absolute Gasteiger partial charge is 0.497 e. The number of hydrogen-bond acceptors (Lipinski definition) is 4. The Hall–Kier alpha value is -2.10. The van der Waals surface area contributed by atoms with E-state index in [2.05, 4.69) is 15.3 Å². The van der Waals surface area contributed by atoms with Crippen LogP contribution in [0.3, 0.4) is 0 Å². The van der Waals surface area contributed by atoms with Crippen molar-refractivity contribution in [3.63, 3.8) is 0 Å². The molecule has 0 bridgehead atoms. The van der Waals surface area contributed by atoms with Gasteiger partial charge in [-0.15, -0.1) is 0 Å². The molecule has 0 spiro atoms. The smallest absolute Gasteiger partial charge is 0.227 e. The Kier molecular flexibility index (Phi) is 3.00. The first-order valence-corrected chi connectivity index (χ1v) is 4.97. The Morgan fingerprint density at radius 2 is 1.94 bits per heavy atom. The number of aromatic nitrogens is 2. The lowest BCUT2D eigenvalue weighted by molar-refractivity contribution is 0.415. The summed E-state index contributed by atoms with van der Waals surface area (Å²) in [4.78, 5) is 8.33. The molecule has 4 heteroatoms. The van der Waals surface area contributed by atoms with Gasteiger partial charge >= 0.3 is 0 Å². The molecule has 1 aromatic carbocycles. The first-order valence-electron chi connectivity index (χ1n) is 4.97. The van der Waals surface area contributed by atoms with Crippen molar-refractivity contribution in [3.05, 3.63) is 42.2 Å². The summed E-state index contributed by atoms with van der Waals surface area (Å²) in [5.41, 5.74) is 1.94. The summed E-state index contributed by atoms with van der Waals surface area (Å²) < 4.78 is 5.13. The number of benzene rings is 1. The molecule has 2 aromatic rings. The molecule has 0 radical (unpaired) electrons. The predicted octanol–water partition coefficient (Wildman–Crippen LogP) is 2.54. The molecule has 0 aliphatic rings. The summed E-state index contributed by atoms with van der Waals surface area (Å²) in [6.45, 7) is 1.95. The van der Waals surface area contributed by atoms with Gasteiger partial charge in [0.05, 0.1) is 7.11 Å². The third-order valence-corrected chi connectivity index (χ3v) is 2.11. The van der Waals surface area contributed by atoms with Crippen molar-refractivity contribution in [3.8, 4) is 5.75 Å². The van der Waals surface area contributed by atoms with E-state index in [-0.39, 0.29) is 0 Å². The zero-order valence-corrected chi connectivity index (χ0v) is 9.27. The molecule has 2 rings (SSSR count). The molecule has 0 aliphatic carbocycles. The van der Waals surface area contributed by atoms with Crippen LogP contribution in [0, 0.1) is 6.92 Å². The minimum absolute atomic E-state index is 0.582. The van der Waals surface area contributed by atoms with Crippen LogP contribution >= 0.6 is 0 Å². The lowest BCUT2D eigenvalue weighted by Crippen LogP contribution is -1.96. The number of hydrogen-bond donors (Lipinski definition) is 1. The number of nitrogens with zero attached hydrogens (tertiary/aromatic N) is 2. The van der Waals surface area contributed by atoms with Gasteiger partial charge in [-0.1, -0.05) is 6.07 Å². The topological polar surface area (TPSA) is 47.0 Å². The second kappa shape index (κ2) is 4.61. The van der Waals surface area contributed by atoms with E-state index in [4.69, 9.17) is 4.74 Å². The maximum Gasteiger partial charge on any atom is 0.227 e. The highest BCUT2D eigenvalue weighted by molar-refractivity contribution is 5.55. The van der Waals surface area contributed by atoms with Gasteiger partial charge in [-0.3, -0.25) is 0 Å². The van der Waals surface area contributed by atoms with Gasteiger partial charge in [0.2, 0.25) is 5.95 Å². The van der Waals surface area contributed by atoms with Gasteiger partial charge in [0.25, 0.3) is 0 Å². The van der Waals surface area contributed by atoms with E-state index in [1.807, 2.05) is 31.2 Å². The number of nitrogens with one attached hydrogen (secondary N) is 1. The quantitative estimate of drug-likeness (QED) is 0.854. The molecular weight excluding hydrogens is 202 g/mol. The number of aryl methyl sites for hydroxylation is 1. The van der Waals surface area contributed by atoms with Gasteiger partial charge in [0, 0.05) is 24.1 Å². The van der Waals surface area contributed by atoms with E-state index in [1.54, 1.807) is 19.5 Å². The molecule has 0 saturated heterocycles. The lowest BCUT2D eigenvalue weighted by Gasteiger charge is -2.06. The van der Waals surface area contributed by atoms with Gasteiger partial charge in [0.1, 0.15) is 5.75 Å².